The summed E-state index contributed by atoms with van der Waals surface area (Å²) in [4.78, 5) is 24.2. The third-order valence-electron chi connectivity index (χ3n) is 3.86. The second kappa shape index (κ2) is 8.88. The van der Waals surface area contributed by atoms with Gasteiger partial charge in [-0.3, -0.25) is 14.9 Å². The van der Waals surface area contributed by atoms with Gasteiger partial charge in [-0.1, -0.05) is 54.2 Å². The summed E-state index contributed by atoms with van der Waals surface area (Å²) < 4.78 is 5.54. The van der Waals surface area contributed by atoms with E-state index in [0.717, 1.165) is 10.8 Å². The van der Waals surface area contributed by atoms with E-state index in [9.17, 15) is 14.9 Å². The number of carbonyl (C=O) groups is 1. The number of nitro groups is 1. The molecule has 0 unspecified atom stereocenters. The van der Waals surface area contributed by atoms with Crippen molar-refractivity contribution in [2.75, 3.05) is 5.88 Å². The van der Waals surface area contributed by atoms with E-state index in [0.29, 0.717) is 27.8 Å². The highest BCUT2D eigenvalue weighted by Crippen LogP contribution is 2.43. The number of esters is 1. The summed E-state index contributed by atoms with van der Waals surface area (Å²) in [6, 6.07) is 17.7. The lowest BCUT2D eigenvalue weighted by Gasteiger charge is -2.13. The fourth-order valence-electron chi connectivity index (χ4n) is 2.60. The highest BCUT2D eigenvalue weighted by Gasteiger charge is 2.19. The van der Waals surface area contributed by atoms with E-state index < -0.39 is 4.92 Å². The monoisotopic (exact) mass is 401 g/mol. The normalized spacial score (nSPS) is 10.7. The van der Waals surface area contributed by atoms with Crippen molar-refractivity contribution >= 4 is 45.8 Å². The Labute approximate surface area is 165 Å². The molecule has 0 heterocycles. The molecule has 0 spiro atoms. The van der Waals surface area contributed by atoms with Crippen molar-refractivity contribution < 1.29 is 14.5 Å². The highest BCUT2D eigenvalue weighted by atomic mass is 35.5. The predicted octanol–water partition coefficient (Wildman–Crippen LogP) is 5.82. The van der Waals surface area contributed by atoms with Gasteiger partial charge < -0.3 is 4.74 Å². The number of nitro benzene ring substituents is 1. The first kappa shape index (κ1) is 19.2. The first-order chi connectivity index (χ1) is 13.1. The first-order valence-electron chi connectivity index (χ1n) is 8.30. The van der Waals surface area contributed by atoms with Crippen molar-refractivity contribution in [2.45, 2.75) is 22.6 Å². The van der Waals surface area contributed by atoms with Gasteiger partial charge in [-0.05, 0) is 29.3 Å². The van der Waals surface area contributed by atoms with E-state index in [1.165, 1.54) is 17.8 Å². The van der Waals surface area contributed by atoms with Crippen LogP contribution in [-0.2, 0) is 4.79 Å². The minimum atomic E-state index is -0.417. The van der Waals surface area contributed by atoms with Crippen LogP contribution >= 0.6 is 23.4 Å². The number of rotatable bonds is 7. The summed E-state index contributed by atoms with van der Waals surface area (Å²) in [5.74, 6) is 0.386. The number of benzene rings is 3. The molecule has 0 aliphatic carbocycles. The summed E-state index contributed by atoms with van der Waals surface area (Å²) in [7, 11) is 0. The van der Waals surface area contributed by atoms with Crippen molar-refractivity contribution in [3.63, 3.8) is 0 Å². The zero-order valence-corrected chi connectivity index (χ0v) is 15.8. The standard InChI is InChI=1S/C20H16ClNO4S/c21-13-5-10-19(23)26-17-12-11-14-6-1-2-7-15(14)20(17)27-18-9-4-3-8-16(18)22(24)25/h1-4,6-9,11-12H,5,10,13H2. The van der Waals surface area contributed by atoms with Crippen LogP contribution in [0.5, 0.6) is 5.75 Å². The Bertz CT molecular complexity index is 993. The minimum Gasteiger partial charge on any atom is -0.425 e. The van der Waals surface area contributed by atoms with Crippen molar-refractivity contribution in [2.24, 2.45) is 0 Å². The topological polar surface area (TPSA) is 69.4 Å². The molecule has 0 bridgehead atoms. The van der Waals surface area contributed by atoms with Crippen LogP contribution in [0.3, 0.4) is 0 Å². The summed E-state index contributed by atoms with van der Waals surface area (Å²) >= 11 is 6.86. The largest absolute Gasteiger partial charge is 0.425 e. The Morgan fingerprint density at radius 1 is 1.07 bits per heavy atom. The van der Waals surface area contributed by atoms with Gasteiger partial charge in [0.15, 0.2) is 0 Å². The van der Waals surface area contributed by atoms with Crippen molar-refractivity contribution in [1.29, 1.82) is 0 Å². The molecule has 0 aliphatic rings. The number of alkyl halides is 1. The van der Waals surface area contributed by atoms with Gasteiger partial charge in [0.25, 0.3) is 5.69 Å². The van der Waals surface area contributed by atoms with Gasteiger partial charge in [-0.25, -0.2) is 0 Å². The average Bonchev–Trinajstić information content (AvgIpc) is 2.68. The van der Waals surface area contributed by atoms with Crippen molar-refractivity contribution in [1.82, 2.24) is 0 Å². The quantitative estimate of drug-likeness (QED) is 0.164. The third-order valence-corrected chi connectivity index (χ3v) is 5.31. The molecule has 138 valence electrons. The molecule has 7 heteroatoms. The van der Waals surface area contributed by atoms with Crippen LogP contribution in [-0.4, -0.2) is 16.8 Å². The molecule has 3 aromatic carbocycles. The third kappa shape index (κ3) is 4.59. The Balaban J connectivity index is 2.05. The SMILES string of the molecule is O=C(CCCCl)Oc1ccc2ccccc2c1Sc1ccccc1[N+](=O)[O-]. The smallest absolute Gasteiger partial charge is 0.311 e. The Morgan fingerprint density at radius 2 is 1.81 bits per heavy atom. The molecule has 0 saturated carbocycles. The number of para-hydroxylation sites is 1. The summed E-state index contributed by atoms with van der Waals surface area (Å²) in [6.45, 7) is 0. The van der Waals surface area contributed by atoms with Crippen LogP contribution in [0, 0.1) is 10.1 Å². The van der Waals surface area contributed by atoms with E-state index in [-0.39, 0.29) is 18.1 Å². The van der Waals surface area contributed by atoms with Gasteiger partial charge in [0.2, 0.25) is 0 Å². The zero-order chi connectivity index (χ0) is 19.2. The molecule has 0 radical (unpaired) electrons. The van der Waals surface area contributed by atoms with Crippen LogP contribution in [0.1, 0.15) is 12.8 Å². The highest BCUT2D eigenvalue weighted by molar-refractivity contribution is 7.99. The molecular formula is C20H16ClNO4S. The molecule has 0 aromatic heterocycles. The zero-order valence-electron chi connectivity index (χ0n) is 14.3. The van der Waals surface area contributed by atoms with E-state index >= 15 is 0 Å². The second-order valence-corrected chi connectivity index (χ2v) is 7.14. The summed E-state index contributed by atoms with van der Waals surface area (Å²) in [5, 5.41) is 13.2. The molecule has 0 N–H and O–H groups in total. The Hall–Kier alpha value is -2.57. The number of nitrogens with zero attached hydrogens (tertiary/aromatic N) is 1. The van der Waals surface area contributed by atoms with Gasteiger partial charge >= 0.3 is 5.97 Å². The molecule has 3 aromatic rings. The molecule has 0 fully saturated rings. The van der Waals surface area contributed by atoms with E-state index in [4.69, 9.17) is 16.3 Å². The number of hydrogen-bond acceptors (Lipinski definition) is 5. The fraction of sp³-hybridized carbons (Fsp3) is 0.150. The lowest BCUT2D eigenvalue weighted by Crippen LogP contribution is -2.08. The number of halogens is 1. The molecular weight excluding hydrogens is 386 g/mol. The molecule has 0 aliphatic heterocycles. The molecule has 3 rings (SSSR count). The molecule has 0 saturated heterocycles. The average molecular weight is 402 g/mol. The first-order valence-corrected chi connectivity index (χ1v) is 9.65. The minimum absolute atomic E-state index is 0.00912. The van der Waals surface area contributed by atoms with Crippen molar-refractivity contribution in [3.05, 3.63) is 70.8 Å². The van der Waals surface area contributed by atoms with Gasteiger partial charge in [-0.2, -0.15) is 0 Å². The van der Waals surface area contributed by atoms with E-state index in [1.54, 1.807) is 24.3 Å². The van der Waals surface area contributed by atoms with Gasteiger partial charge in [0, 0.05) is 18.4 Å². The summed E-state index contributed by atoms with van der Waals surface area (Å²) in [5.41, 5.74) is 0.00912. The Kier molecular flexibility index (Phi) is 6.32. The maximum atomic E-state index is 12.1. The molecule has 0 atom stereocenters. The number of hydrogen-bond donors (Lipinski definition) is 0. The van der Waals surface area contributed by atoms with E-state index in [2.05, 4.69) is 0 Å². The lowest BCUT2D eigenvalue weighted by atomic mass is 10.1. The number of fused-ring (bicyclic) bond motifs is 1. The van der Waals surface area contributed by atoms with Gasteiger partial charge in [-0.15, -0.1) is 11.6 Å². The lowest BCUT2D eigenvalue weighted by molar-refractivity contribution is -0.387. The maximum absolute atomic E-state index is 12.1. The van der Waals surface area contributed by atoms with Crippen LogP contribution in [0.25, 0.3) is 10.8 Å². The molecule has 5 nitrogen and oxygen atoms in total. The number of carbonyl (C=O) groups excluding carboxylic acids is 1. The van der Waals surface area contributed by atoms with Gasteiger partial charge in [0.1, 0.15) is 5.75 Å². The van der Waals surface area contributed by atoms with Crippen LogP contribution in [0.15, 0.2) is 70.5 Å². The number of ether oxygens (including phenoxy) is 1. The van der Waals surface area contributed by atoms with Crippen LogP contribution in [0.4, 0.5) is 5.69 Å². The fourth-order valence-corrected chi connectivity index (χ4v) is 3.85. The molecule has 27 heavy (non-hydrogen) atoms. The second-order valence-electron chi connectivity index (χ2n) is 5.71. The predicted molar refractivity (Wildman–Crippen MR) is 107 cm³/mol. The van der Waals surface area contributed by atoms with Gasteiger partial charge in [0.05, 0.1) is 14.7 Å². The van der Waals surface area contributed by atoms with Crippen molar-refractivity contribution in [3.8, 4) is 5.75 Å². The Morgan fingerprint density at radius 3 is 2.59 bits per heavy atom. The summed E-state index contributed by atoms with van der Waals surface area (Å²) in [6.07, 6.45) is 0.743. The van der Waals surface area contributed by atoms with Crippen LogP contribution < -0.4 is 4.74 Å². The van der Waals surface area contributed by atoms with Crippen LogP contribution in [0.2, 0.25) is 0 Å². The van der Waals surface area contributed by atoms with E-state index in [1.807, 2.05) is 30.3 Å². The maximum Gasteiger partial charge on any atom is 0.311 e. The molecule has 0 amide bonds.